The molecule has 0 radical (unpaired) electrons. The van der Waals surface area contributed by atoms with E-state index < -0.39 is 10.2 Å². The summed E-state index contributed by atoms with van der Waals surface area (Å²) in [5, 5.41) is 9.47. The molecule has 20 heavy (non-hydrogen) atoms. The van der Waals surface area contributed by atoms with Crippen molar-refractivity contribution in [2.75, 3.05) is 19.6 Å². The van der Waals surface area contributed by atoms with E-state index in [9.17, 15) is 13.5 Å². The van der Waals surface area contributed by atoms with E-state index in [1.54, 1.807) is 4.31 Å². The molecule has 2 aliphatic rings. The van der Waals surface area contributed by atoms with Crippen molar-refractivity contribution in [3.8, 4) is 0 Å². The second kappa shape index (κ2) is 6.73. The van der Waals surface area contributed by atoms with Gasteiger partial charge in [0.25, 0.3) is 10.2 Å². The Balaban J connectivity index is 1.84. The number of aliphatic hydroxyl groups is 1. The van der Waals surface area contributed by atoms with Gasteiger partial charge in [0, 0.05) is 19.6 Å². The van der Waals surface area contributed by atoms with Gasteiger partial charge in [0.1, 0.15) is 0 Å². The summed E-state index contributed by atoms with van der Waals surface area (Å²) in [6.07, 6.45) is 4.33. The predicted molar refractivity (Wildman–Crippen MR) is 79.4 cm³/mol. The molecule has 0 spiro atoms. The van der Waals surface area contributed by atoms with Crippen molar-refractivity contribution in [2.45, 2.75) is 52.1 Å². The van der Waals surface area contributed by atoms with Crippen LogP contribution in [0.4, 0.5) is 0 Å². The summed E-state index contributed by atoms with van der Waals surface area (Å²) in [6.45, 7) is 5.99. The first kappa shape index (κ1) is 16.2. The number of rotatable bonds is 4. The van der Waals surface area contributed by atoms with Gasteiger partial charge < -0.3 is 5.11 Å². The number of nitrogens with one attached hydrogen (secondary N) is 1. The van der Waals surface area contributed by atoms with E-state index in [4.69, 9.17) is 0 Å². The molecule has 0 bridgehead atoms. The van der Waals surface area contributed by atoms with Gasteiger partial charge in [-0.1, -0.05) is 13.8 Å². The highest BCUT2D eigenvalue weighted by Gasteiger charge is 2.31. The van der Waals surface area contributed by atoms with Crippen molar-refractivity contribution in [1.82, 2.24) is 9.03 Å². The fourth-order valence-corrected chi connectivity index (χ4v) is 5.00. The molecule has 2 fully saturated rings. The van der Waals surface area contributed by atoms with Gasteiger partial charge in [0.15, 0.2) is 0 Å². The highest BCUT2D eigenvalue weighted by Crippen LogP contribution is 2.25. The highest BCUT2D eigenvalue weighted by molar-refractivity contribution is 7.87. The Kier molecular flexibility index (Phi) is 5.45. The number of hydrogen-bond donors (Lipinski definition) is 2. The average Bonchev–Trinajstić information content (AvgIpc) is 2.37. The highest BCUT2D eigenvalue weighted by atomic mass is 32.2. The van der Waals surface area contributed by atoms with Crippen molar-refractivity contribution >= 4 is 10.2 Å². The summed E-state index contributed by atoms with van der Waals surface area (Å²) in [5.41, 5.74) is 0. The zero-order valence-corrected chi connectivity index (χ0v) is 13.4. The minimum Gasteiger partial charge on any atom is -0.393 e. The average molecular weight is 304 g/mol. The molecule has 1 saturated carbocycles. The summed E-state index contributed by atoms with van der Waals surface area (Å²) in [6, 6.07) is 0. The summed E-state index contributed by atoms with van der Waals surface area (Å²) in [7, 11) is -3.34. The largest absolute Gasteiger partial charge is 0.393 e. The molecule has 0 aromatic carbocycles. The Morgan fingerprint density at radius 1 is 1.10 bits per heavy atom. The van der Waals surface area contributed by atoms with E-state index in [1.165, 1.54) is 0 Å². The number of piperidine rings is 1. The van der Waals surface area contributed by atoms with Crippen LogP contribution in [0, 0.1) is 17.8 Å². The second-order valence-electron chi connectivity index (χ2n) is 6.79. The van der Waals surface area contributed by atoms with Gasteiger partial charge in [-0.2, -0.15) is 12.7 Å². The summed E-state index contributed by atoms with van der Waals surface area (Å²) >= 11 is 0. The molecule has 2 unspecified atom stereocenters. The maximum Gasteiger partial charge on any atom is 0.279 e. The van der Waals surface area contributed by atoms with Gasteiger partial charge in [-0.3, -0.25) is 0 Å². The van der Waals surface area contributed by atoms with Crippen LogP contribution in [-0.2, 0) is 10.2 Å². The lowest BCUT2D eigenvalue weighted by atomic mass is 9.88. The van der Waals surface area contributed by atoms with Gasteiger partial charge in [-0.25, -0.2) is 4.72 Å². The molecule has 118 valence electrons. The standard InChI is InChI=1S/C14H28N2O3S/c1-11-7-12(2)10-16(9-11)20(18,19)15-8-13-3-5-14(17)6-4-13/h11-15,17H,3-10H2,1-2H3. The van der Waals surface area contributed by atoms with Crippen molar-refractivity contribution < 1.29 is 13.5 Å². The molecular formula is C14H28N2O3S. The van der Waals surface area contributed by atoms with Gasteiger partial charge in [-0.15, -0.1) is 0 Å². The monoisotopic (exact) mass is 304 g/mol. The molecule has 5 nitrogen and oxygen atoms in total. The van der Waals surface area contributed by atoms with Crippen LogP contribution in [0.2, 0.25) is 0 Å². The quantitative estimate of drug-likeness (QED) is 0.824. The number of nitrogens with zero attached hydrogens (tertiary/aromatic N) is 1. The van der Waals surface area contributed by atoms with E-state index in [-0.39, 0.29) is 6.10 Å². The predicted octanol–water partition coefficient (Wildman–Crippen LogP) is 1.35. The van der Waals surface area contributed by atoms with Crippen LogP contribution in [0.5, 0.6) is 0 Å². The second-order valence-corrected chi connectivity index (χ2v) is 8.55. The van der Waals surface area contributed by atoms with E-state index in [2.05, 4.69) is 18.6 Å². The zero-order valence-electron chi connectivity index (χ0n) is 12.6. The van der Waals surface area contributed by atoms with E-state index in [0.29, 0.717) is 37.4 Å². The van der Waals surface area contributed by atoms with E-state index in [0.717, 1.165) is 32.1 Å². The molecule has 2 atom stereocenters. The maximum atomic E-state index is 12.3. The molecular weight excluding hydrogens is 276 g/mol. The van der Waals surface area contributed by atoms with Gasteiger partial charge in [0.05, 0.1) is 6.10 Å². The minimum atomic E-state index is -3.34. The van der Waals surface area contributed by atoms with Crippen LogP contribution in [0.3, 0.4) is 0 Å². The van der Waals surface area contributed by atoms with Crippen LogP contribution < -0.4 is 4.72 Å². The Bertz CT molecular complexity index is 395. The summed E-state index contributed by atoms with van der Waals surface area (Å²) < 4.78 is 29.1. The Hall–Kier alpha value is -0.170. The van der Waals surface area contributed by atoms with E-state index >= 15 is 0 Å². The zero-order chi connectivity index (χ0) is 14.8. The van der Waals surface area contributed by atoms with Gasteiger partial charge in [0.2, 0.25) is 0 Å². The van der Waals surface area contributed by atoms with Crippen molar-refractivity contribution in [3.05, 3.63) is 0 Å². The summed E-state index contributed by atoms with van der Waals surface area (Å²) in [4.78, 5) is 0. The fourth-order valence-electron chi connectivity index (χ4n) is 3.47. The molecule has 2 rings (SSSR count). The molecule has 2 N–H and O–H groups in total. The third-order valence-electron chi connectivity index (χ3n) is 4.55. The van der Waals surface area contributed by atoms with Crippen LogP contribution in [0.15, 0.2) is 0 Å². The van der Waals surface area contributed by atoms with Crippen LogP contribution in [-0.4, -0.2) is 43.6 Å². The van der Waals surface area contributed by atoms with Crippen molar-refractivity contribution in [3.63, 3.8) is 0 Å². The molecule has 1 saturated heterocycles. The Morgan fingerprint density at radius 2 is 1.65 bits per heavy atom. The lowest BCUT2D eigenvalue weighted by Gasteiger charge is -2.34. The molecule has 0 aromatic rings. The molecule has 6 heteroatoms. The topological polar surface area (TPSA) is 69.6 Å². The Morgan fingerprint density at radius 3 is 2.20 bits per heavy atom. The maximum absolute atomic E-state index is 12.3. The lowest BCUT2D eigenvalue weighted by Crippen LogP contribution is -2.48. The van der Waals surface area contributed by atoms with Crippen LogP contribution in [0.25, 0.3) is 0 Å². The van der Waals surface area contributed by atoms with Crippen LogP contribution >= 0.6 is 0 Å². The summed E-state index contributed by atoms with van der Waals surface area (Å²) in [5.74, 6) is 1.23. The molecule has 1 aliphatic carbocycles. The molecule has 1 heterocycles. The van der Waals surface area contributed by atoms with Crippen LogP contribution in [0.1, 0.15) is 46.0 Å². The lowest BCUT2D eigenvalue weighted by molar-refractivity contribution is 0.109. The third kappa shape index (κ3) is 4.41. The smallest absolute Gasteiger partial charge is 0.279 e. The first-order valence-electron chi connectivity index (χ1n) is 7.79. The molecule has 0 amide bonds. The van der Waals surface area contributed by atoms with E-state index in [1.807, 2.05) is 0 Å². The van der Waals surface area contributed by atoms with Gasteiger partial charge in [-0.05, 0) is 49.9 Å². The number of aliphatic hydroxyl groups excluding tert-OH is 1. The number of hydrogen-bond acceptors (Lipinski definition) is 3. The minimum absolute atomic E-state index is 0.188. The molecule has 0 aromatic heterocycles. The molecule has 1 aliphatic heterocycles. The first-order chi connectivity index (χ1) is 9.37. The van der Waals surface area contributed by atoms with Crippen molar-refractivity contribution in [1.29, 1.82) is 0 Å². The third-order valence-corrected chi connectivity index (χ3v) is 6.06. The normalized spacial score (nSPS) is 37.0. The fraction of sp³-hybridized carbons (Fsp3) is 1.00. The Labute approximate surface area is 122 Å². The van der Waals surface area contributed by atoms with Gasteiger partial charge >= 0.3 is 0 Å². The SMILES string of the molecule is CC1CC(C)CN(S(=O)(=O)NCC2CCC(O)CC2)C1. The van der Waals surface area contributed by atoms with Crippen molar-refractivity contribution in [2.24, 2.45) is 17.8 Å². The first-order valence-corrected chi connectivity index (χ1v) is 9.23.